The molecule has 0 fully saturated rings. The number of nitrogens with two attached hydrogens (primary N) is 1. The fraction of sp³-hybridized carbons (Fsp3) is 0. The largest absolute Gasteiger partial charge is 0.502 e. The molecule has 0 aliphatic carbocycles. The van der Waals surface area contributed by atoms with E-state index in [9.17, 15) is 20.0 Å². The van der Waals surface area contributed by atoms with Gasteiger partial charge in [-0.15, -0.1) is 0 Å². The molecule has 1 aromatic carbocycles. The quantitative estimate of drug-likeness (QED) is 0.387. The number of rotatable bonds is 1. The van der Waals surface area contributed by atoms with Gasteiger partial charge < -0.3 is 10.8 Å². The maximum atomic E-state index is 10.3. The highest BCUT2D eigenvalue weighted by atomic mass is 16.6. The second kappa shape index (κ2) is 4.11. The van der Waals surface area contributed by atoms with Gasteiger partial charge in [-0.3, -0.25) is 14.9 Å². The summed E-state index contributed by atoms with van der Waals surface area (Å²) in [6.07, 6.45) is 0. The molecule has 3 N–H and O–H groups in total. The molecule has 15 heavy (non-hydrogen) atoms. The zero-order valence-corrected chi connectivity index (χ0v) is 7.43. The first-order valence-electron chi connectivity index (χ1n) is 3.79. The van der Waals surface area contributed by atoms with Crippen molar-refractivity contribution in [3.8, 4) is 17.6 Å². The molecule has 1 amide bonds. The van der Waals surface area contributed by atoms with Crippen molar-refractivity contribution >= 4 is 11.6 Å². The summed E-state index contributed by atoms with van der Waals surface area (Å²) in [6.45, 7) is 0. The molecule has 0 aliphatic rings. The summed E-state index contributed by atoms with van der Waals surface area (Å²) < 4.78 is 0. The van der Waals surface area contributed by atoms with E-state index in [0.717, 1.165) is 12.1 Å². The zero-order chi connectivity index (χ0) is 11.4. The van der Waals surface area contributed by atoms with Crippen molar-refractivity contribution in [2.45, 2.75) is 0 Å². The lowest BCUT2D eigenvalue weighted by molar-refractivity contribution is -0.385. The number of nitro groups is 1. The minimum atomic E-state index is -0.812. The van der Waals surface area contributed by atoms with E-state index in [2.05, 4.69) is 5.92 Å². The third-order valence-corrected chi connectivity index (χ3v) is 1.50. The number of carbonyl (C=O) groups excluding carboxylic acids is 1. The van der Waals surface area contributed by atoms with Crippen LogP contribution in [0.5, 0.6) is 5.75 Å². The Morgan fingerprint density at radius 3 is 2.67 bits per heavy atom. The fourth-order valence-electron chi connectivity index (χ4n) is 0.889. The number of benzene rings is 1. The molecule has 0 atom stereocenters. The van der Waals surface area contributed by atoms with Crippen molar-refractivity contribution in [2.24, 2.45) is 5.73 Å². The minimum Gasteiger partial charge on any atom is -0.502 e. The van der Waals surface area contributed by atoms with Gasteiger partial charge >= 0.3 is 5.69 Å². The smallest absolute Gasteiger partial charge is 0.310 e. The average Bonchev–Trinajstić information content (AvgIpc) is 2.14. The molecule has 0 saturated heterocycles. The second-order valence-corrected chi connectivity index (χ2v) is 2.57. The van der Waals surface area contributed by atoms with E-state index in [1.165, 1.54) is 6.07 Å². The van der Waals surface area contributed by atoms with Gasteiger partial charge in [0.25, 0.3) is 5.91 Å². The molecular weight excluding hydrogens is 200 g/mol. The van der Waals surface area contributed by atoms with E-state index < -0.39 is 22.3 Å². The Morgan fingerprint density at radius 1 is 1.53 bits per heavy atom. The number of aromatic hydroxyl groups is 1. The van der Waals surface area contributed by atoms with Gasteiger partial charge in [-0.1, -0.05) is 5.92 Å². The molecule has 0 saturated carbocycles. The molecule has 0 aliphatic heterocycles. The number of primary amides is 1. The summed E-state index contributed by atoms with van der Waals surface area (Å²) in [7, 11) is 0. The molecule has 6 heteroatoms. The van der Waals surface area contributed by atoms with E-state index in [1.54, 1.807) is 0 Å². The summed E-state index contributed by atoms with van der Waals surface area (Å²) >= 11 is 0. The predicted octanol–water partition coefficient (Wildman–Crippen LogP) is 0.137. The highest BCUT2D eigenvalue weighted by Gasteiger charge is 2.11. The number of amides is 1. The summed E-state index contributed by atoms with van der Waals surface area (Å²) in [5.74, 6) is 3.07. The third kappa shape index (κ3) is 2.70. The van der Waals surface area contributed by atoms with Crippen molar-refractivity contribution in [1.82, 2.24) is 0 Å². The first-order valence-corrected chi connectivity index (χ1v) is 3.79. The van der Waals surface area contributed by atoms with E-state index >= 15 is 0 Å². The monoisotopic (exact) mass is 206 g/mol. The molecule has 0 bridgehead atoms. The maximum absolute atomic E-state index is 10.3. The van der Waals surface area contributed by atoms with Crippen molar-refractivity contribution in [2.75, 3.05) is 0 Å². The standard InChI is InChI=1S/C9H6N2O4/c10-9(13)4-2-6-1-3-7(11(14)15)8(12)5-6/h1,3,5,12H,(H2,10,13). The van der Waals surface area contributed by atoms with Crippen LogP contribution < -0.4 is 5.73 Å². The Bertz CT molecular complexity index is 485. The Labute approximate surface area is 84.5 Å². The number of nitro benzene ring substituents is 1. The van der Waals surface area contributed by atoms with Crippen LogP contribution in [0.4, 0.5) is 5.69 Å². The highest BCUT2D eigenvalue weighted by Crippen LogP contribution is 2.25. The third-order valence-electron chi connectivity index (χ3n) is 1.50. The molecular formula is C9H6N2O4. The van der Waals surface area contributed by atoms with Crippen molar-refractivity contribution in [3.05, 3.63) is 33.9 Å². The maximum Gasteiger partial charge on any atom is 0.310 e. The van der Waals surface area contributed by atoms with Crippen LogP contribution in [-0.4, -0.2) is 15.9 Å². The van der Waals surface area contributed by atoms with Crippen LogP contribution in [-0.2, 0) is 4.79 Å². The van der Waals surface area contributed by atoms with Crippen LogP contribution in [0.15, 0.2) is 18.2 Å². The van der Waals surface area contributed by atoms with Gasteiger partial charge in [0.05, 0.1) is 4.92 Å². The number of phenolic OH excluding ortho intramolecular Hbond substituents is 1. The molecule has 0 heterocycles. The van der Waals surface area contributed by atoms with Crippen LogP contribution >= 0.6 is 0 Å². The van der Waals surface area contributed by atoms with Gasteiger partial charge in [-0.2, -0.15) is 0 Å². The Balaban J connectivity index is 3.09. The van der Waals surface area contributed by atoms with Crippen LogP contribution in [0.2, 0.25) is 0 Å². The molecule has 1 rings (SSSR count). The van der Waals surface area contributed by atoms with Crippen LogP contribution in [0.25, 0.3) is 0 Å². The first kappa shape index (κ1) is 10.5. The number of hydrogen-bond acceptors (Lipinski definition) is 4. The van der Waals surface area contributed by atoms with Gasteiger partial charge in [0.15, 0.2) is 5.75 Å². The molecule has 0 radical (unpaired) electrons. The van der Waals surface area contributed by atoms with Gasteiger partial charge in [0.1, 0.15) is 0 Å². The summed E-state index contributed by atoms with van der Waals surface area (Å²) in [5, 5.41) is 19.5. The van der Waals surface area contributed by atoms with Crippen molar-refractivity contribution < 1.29 is 14.8 Å². The predicted molar refractivity (Wildman–Crippen MR) is 50.8 cm³/mol. The summed E-state index contributed by atoms with van der Waals surface area (Å²) in [5.41, 5.74) is 4.63. The second-order valence-electron chi connectivity index (χ2n) is 2.57. The van der Waals surface area contributed by atoms with E-state index in [0.29, 0.717) is 0 Å². The minimum absolute atomic E-state index is 0.275. The lowest BCUT2D eigenvalue weighted by Crippen LogP contribution is -2.06. The topological polar surface area (TPSA) is 106 Å². The molecule has 0 aromatic heterocycles. The number of carbonyl (C=O) groups is 1. The Morgan fingerprint density at radius 2 is 2.20 bits per heavy atom. The number of nitrogens with zero attached hydrogens (tertiary/aromatic N) is 1. The van der Waals surface area contributed by atoms with E-state index in [1.807, 2.05) is 5.92 Å². The zero-order valence-electron chi connectivity index (χ0n) is 7.43. The molecule has 0 unspecified atom stereocenters. The van der Waals surface area contributed by atoms with E-state index in [-0.39, 0.29) is 5.56 Å². The number of phenols is 1. The first-order chi connectivity index (χ1) is 7.00. The normalized spacial score (nSPS) is 8.80. The average molecular weight is 206 g/mol. The molecule has 76 valence electrons. The van der Waals surface area contributed by atoms with Crippen LogP contribution in [0.1, 0.15) is 5.56 Å². The summed E-state index contributed by atoms with van der Waals surface area (Å²) in [6, 6.07) is 3.50. The fourth-order valence-corrected chi connectivity index (χ4v) is 0.889. The lowest BCUT2D eigenvalue weighted by Gasteiger charge is -1.95. The van der Waals surface area contributed by atoms with Crippen LogP contribution in [0.3, 0.4) is 0 Å². The van der Waals surface area contributed by atoms with Gasteiger partial charge in [-0.05, 0) is 12.0 Å². The summed E-state index contributed by atoms with van der Waals surface area (Å²) in [4.78, 5) is 19.9. The molecule has 6 nitrogen and oxygen atoms in total. The van der Waals surface area contributed by atoms with Crippen molar-refractivity contribution in [1.29, 1.82) is 0 Å². The van der Waals surface area contributed by atoms with Gasteiger partial charge in [-0.25, -0.2) is 0 Å². The lowest BCUT2D eigenvalue weighted by atomic mass is 10.2. The molecule has 0 spiro atoms. The van der Waals surface area contributed by atoms with Crippen LogP contribution in [0, 0.1) is 22.0 Å². The highest BCUT2D eigenvalue weighted by molar-refractivity contribution is 5.92. The SMILES string of the molecule is NC(=O)C#Cc1ccc([N+](=O)[O-])c(O)c1. The Hall–Kier alpha value is -2.55. The number of hydrogen-bond donors (Lipinski definition) is 2. The molecule has 1 aromatic rings. The van der Waals surface area contributed by atoms with Gasteiger partial charge in [0, 0.05) is 17.7 Å². The van der Waals surface area contributed by atoms with Crippen molar-refractivity contribution in [3.63, 3.8) is 0 Å². The van der Waals surface area contributed by atoms with E-state index in [4.69, 9.17) is 5.73 Å². The Kier molecular flexibility index (Phi) is 2.88. The van der Waals surface area contributed by atoms with Gasteiger partial charge in [0.2, 0.25) is 0 Å².